The van der Waals surface area contributed by atoms with E-state index in [0.717, 1.165) is 5.56 Å². The van der Waals surface area contributed by atoms with Crippen LogP contribution in [-0.4, -0.2) is 18.0 Å². The summed E-state index contributed by atoms with van der Waals surface area (Å²) in [6, 6.07) is 18.9. The van der Waals surface area contributed by atoms with E-state index in [1.165, 1.54) is 0 Å². The summed E-state index contributed by atoms with van der Waals surface area (Å²) in [6.45, 7) is 1.14. The van der Waals surface area contributed by atoms with E-state index in [1.807, 2.05) is 48.5 Å². The van der Waals surface area contributed by atoms with Gasteiger partial charge in [0.25, 0.3) is 0 Å². The molecule has 116 valence electrons. The molecule has 22 heavy (non-hydrogen) atoms. The molecule has 0 aromatic heterocycles. The Balaban J connectivity index is 1.61. The summed E-state index contributed by atoms with van der Waals surface area (Å²) in [7, 11) is 0. The van der Waals surface area contributed by atoms with Crippen LogP contribution in [0.15, 0.2) is 60.7 Å². The molecule has 2 aromatic carbocycles. The number of rotatable bonds is 8. The average Bonchev–Trinajstić information content (AvgIpc) is 2.56. The van der Waals surface area contributed by atoms with Crippen LogP contribution < -0.4 is 4.74 Å². The summed E-state index contributed by atoms with van der Waals surface area (Å²) in [4.78, 5) is 11.8. The zero-order valence-corrected chi connectivity index (χ0v) is 13.0. The smallest absolute Gasteiger partial charge is 0.329 e. The van der Waals surface area contributed by atoms with Gasteiger partial charge in [0.2, 0.25) is 0 Å². The average molecular weight is 319 g/mol. The van der Waals surface area contributed by atoms with Crippen LogP contribution in [0, 0.1) is 0 Å². The highest BCUT2D eigenvalue weighted by molar-refractivity contribution is 6.30. The van der Waals surface area contributed by atoms with Crippen molar-refractivity contribution < 1.29 is 14.3 Å². The topological polar surface area (TPSA) is 35.5 Å². The predicted molar refractivity (Wildman–Crippen MR) is 87.1 cm³/mol. The lowest BCUT2D eigenvalue weighted by Gasteiger charge is -2.10. The van der Waals surface area contributed by atoms with Crippen molar-refractivity contribution >= 4 is 17.6 Å². The van der Waals surface area contributed by atoms with E-state index >= 15 is 0 Å². The Kier molecular flexibility index (Phi) is 6.94. The van der Waals surface area contributed by atoms with Crippen LogP contribution in [0.5, 0.6) is 5.75 Å². The van der Waals surface area contributed by atoms with Crippen molar-refractivity contribution in [2.24, 2.45) is 0 Å². The van der Waals surface area contributed by atoms with Crippen LogP contribution in [0.4, 0.5) is 0 Å². The molecule has 0 aliphatic heterocycles. The Morgan fingerprint density at radius 2 is 1.64 bits per heavy atom. The molecule has 2 aromatic rings. The summed E-state index contributed by atoms with van der Waals surface area (Å²) in [5.41, 5.74) is 1.13. The standard InChI is InChI=1S/C18H19ClO3/c19-17(18(20)22-16-10-5-2-6-11-16)12-7-13-21-14-15-8-3-1-4-9-15/h1-6,8-11,17H,7,12-14H2/t17-/m0/s1. The van der Waals surface area contributed by atoms with Gasteiger partial charge in [-0.1, -0.05) is 48.5 Å². The Bertz CT molecular complexity index is 557. The summed E-state index contributed by atoms with van der Waals surface area (Å²) in [5.74, 6) is 0.0920. The number of benzene rings is 2. The van der Waals surface area contributed by atoms with Gasteiger partial charge >= 0.3 is 5.97 Å². The number of carbonyl (C=O) groups is 1. The van der Waals surface area contributed by atoms with Gasteiger partial charge in [-0.2, -0.15) is 0 Å². The van der Waals surface area contributed by atoms with Gasteiger partial charge in [0.15, 0.2) is 0 Å². The first-order valence-corrected chi connectivity index (χ1v) is 7.72. The first kappa shape index (κ1) is 16.5. The summed E-state index contributed by atoms with van der Waals surface area (Å²) in [5, 5.41) is -0.652. The molecule has 0 saturated heterocycles. The second-order valence-electron chi connectivity index (χ2n) is 4.88. The van der Waals surface area contributed by atoms with E-state index in [9.17, 15) is 4.79 Å². The SMILES string of the molecule is O=C(Oc1ccccc1)[C@@H](Cl)CCCOCc1ccccc1. The Morgan fingerprint density at radius 3 is 2.32 bits per heavy atom. The van der Waals surface area contributed by atoms with Crippen molar-refractivity contribution in [1.82, 2.24) is 0 Å². The van der Waals surface area contributed by atoms with E-state index in [4.69, 9.17) is 21.1 Å². The third kappa shape index (κ3) is 5.88. The lowest BCUT2D eigenvalue weighted by atomic mass is 10.2. The lowest BCUT2D eigenvalue weighted by molar-refractivity contribution is -0.134. The quantitative estimate of drug-likeness (QED) is 0.317. The predicted octanol–water partition coefficient (Wildman–Crippen LogP) is 4.20. The van der Waals surface area contributed by atoms with Gasteiger partial charge in [-0.25, -0.2) is 0 Å². The van der Waals surface area contributed by atoms with Crippen molar-refractivity contribution in [3.8, 4) is 5.75 Å². The molecule has 0 heterocycles. The third-order valence-corrected chi connectivity index (χ3v) is 3.47. The van der Waals surface area contributed by atoms with Gasteiger partial charge < -0.3 is 9.47 Å². The van der Waals surface area contributed by atoms with Crippen LogP contribution in [0.3, 0.4) is 0 Å². The van der Waals surface area contributed by atoms with E-state index in [1.54, 1.807) is 12.1 Å². The number of para-hydroxylation sites is 1. The van der Waals surface area contributed by atoms with Crippen LogP contribution >= 0.6 is 11.6 Å². The van der Waals surface area contributed by atoms with Crippen molar-refractivity contribution in [3.05, 3.63) is 66.2 Å². The first-order chi connectivity index (χ1) is 10.8. The molecule has 0 radical (unpaired) electrons. The molecule has 2 rings (SSSR count). The fourth-order valence-corrected chi connectivity index (χ4v) is 2.11. The molecular formula is C18H19ClO3. The monoisotopic (exact) mass is 318 g/mol. The van der Waals surface area contributed by atoms with Gasteiger partial charge in [-0.15, -0.1) is 11.6 Å². The molecule has 0 fully saturated rings. The van der Waals surface area contributed by atoms with Crippen LogP contribution in [0.25, 0.3) is 0 Å². The van der Waals surface area contributed by atoms with Gasteiger partial charge in [0, 0.05) is 6.61 Å². The minimum atomic E-state index is -0.652. The van der Waals surface area contributed by atoms with Crippen molar-refractivity contribution in [2.45, 2.75) is 24.8 Å². The second kappa shape index (κ2) is 9.23. The Morgan fingerprint density at radius 1 is 1.00 bits per heavy atom. The highest BCUT2D eigenvalue weighted by atomic mass is 35.5. The molecule has 0 aliphatic rings. The lowest BCUT2D eigenvalue weighted by Crippen LogP contribution is -2.21. The molecular weight excluding hydrogens is 300 g/mol. The van der Waals surface area contributed by atoms with Crippen molar-refractivity contribution in [3.63, 3.8) is 0 Å². The van der Waals surface area contributed by atoms with Crippen molar-refractivity contribution in [1.29, 1.82) is 0 Å². The first-order valence-electron chi connectivity index (χ1n) is 7.28. The number of carbonyl (C=O) groups excluding carboxylic acids is 1. The maximum absolute atomic E-state index is 11.8. The Labute approximate surface area is 135 Å². The molecule has 0 N–H and O–H groups in total. The minimum absolute atomic E-state index is 0.420. The number of hydrogen-bond donors (Lipinski definition) is 0. The molecule has 0 aliphatic carbocycles. The second-order valence-corrected chi connectivity index (χ2v) is 5.41. The molecule has 0 amide bonds. The number of alkyl halides is 1. The normalized spacial score (nSPS) is 11.9. The van der Waals surface area contributed by atoms with E-state index in [2.05, 4.69) is 0 Å². The summed E-state index contributed by atoms with van der Waals surface area (Å²) < 4.78 is 10.7. The summed E-state index contributed by atoms with van der Waals surface area (Å²) in [6.07, 6.45) is 1.24. The van der Waals surface area contributed by atoms with Crippen LogP contribution in [-0.2, 0) is 16.1 Å². The van der Waals surface area contributed by atoms with Crippen LogP contribution in [0.2, 0.25) is 0 Å². The fourth-order valence-electron chi connectivity index (χ4n) is 1.92. The van der Waals surface area contributed by atoms with Gasteiger partial charge in [-0.05, 0) is 30.5 Å². The van der Waals surface area contributed by atoms with Gasteiger partial charge in [0.1, 0.15) is 11.1 Å². The molecule has 1 atom stereocenters. The van der Waals surface area contributed by atoms with E-state index < -0.39 is 11.3 Å². The summed E-state index contributed by atoms with van der Waals surface area (Å²) >= 11 is 6.05. The van der Waals surface area contributed by atoms with E-state index in [0.29, 0.717) is 31.8 Å². The van der Waals surface area contributed by atoms with Crippen LogP contribution in [0.1, 0.15) is 18.4 Å². The van der Waals surface area contributed by atoms with E-state index in [-0.39, 0.29) is 0 Å². The largest absolute Gasteiger partial charge is 0.425 e. The van der Waals surface area contributed by atoms with Gasteiger partial charge in [0.05, 0.1) is 6.61 Å². The molecule has 0 unspecified atom stereocenters. The number of hydrogen-bond acceptors (Lipinski definition) is 3. The van der Waals surface area contributed by atoms with Crippen molar-refractivity contribution in [2.75, 3.05) is 6.61 Å². The molecule has 0 bridgehead atoms. The maximum atomic E-state index is 11.8. The minimum Gasteiger partial charge on any atom is -0.425 e. The zero-order valence-electron chi connectivity index (χ0n) is 12.3. The maximum Gasteiger partial charge on any atom is 0.329 e. The third-order valence-electron chi connectivity index (χ3n) is 3.08. The Hall–Kier alpha value is -1.84. The molecule has 0 spiro atoms. The molecule has 0 saturated carbocycles. The highest BCUT2D eigenvalue weighted by Gasteiger charge is 2.17. The number of ether oxygens (including phenoxy) is 2. The number of halogens is 1. The molecule has 3 nitrogen and oxygen atoms in total. The van der Waals surface area contributed by atoms with Gasteiger partial charge in [-0.3, -0.25) is 4.79 Å². The molecule has 4 heteroatoms. The number of esters is 1. The fraction of sp³-hybridized carbons (Fsp3) is 0.278. The highest BCUT2D eigenvalue weighted by Crippen LogP contribution is 2.14. The zero-order chi connectivity index (χ0) is 15.6.